The van der Waals surface area contributed by atoms with Crippen molar-refractivity contribution in [2.75, 3.05) is 11.9 Å². The van der Waals surface area contributed by atoms with Gasteiger partial charge in [-0.3, -0.25) is 0 Å². The summed E-state index contributed by atoms with van der Waals surface area (Å²) >= 11 is 15.8. The molecule has 3 aromatic carbocycles. The zero-order chi connectivity index (χ0) is 21.7. The van der Waals surface area contributed by atoms with Crippen molar-refractivity contribution in [3.05, 3.63) is 85.3 Å². The third-order valence-corrected chi connectivity index (χ3v) is 6.26. The molecule has 3 nitrogen and oxygen atoms in total. The van der Waals surface area contributed by atoms with Gasteiger partial charge in [0.05, 0.1) is 16.7 Å². The van der Waals surface area contributed by atoms with E-state index >= 15 is 0 Å². The number of hydrogen-bond donors (Lipinski definition) is 1. The van der Waals surface area contributed by atoms with Crippen LogP contribution in [-0.4, -0.2) is 6.61 Å². The van der Waals surface area contributed by atoms with E-state index in [4.69, 9.17) is 32.7 Å². The van der Waals surface area contributed by atoms with Crippen molar-refractivity contribution in [1.29, 1.82) is 0 Å². The topological polar surface area (TPSA) is 30.5 Å². The van der Waals surface area contributed by atoms with Gasteiger partial charge in [-0.15, -0.1) is 0 Å². The highest BCUT2D eigenvalue weighted by molar-refractivity contribution is 9.10. The van der Waals surface area contributed by atoms with E-state index in [1.807, 2.05) is 25.1 Å². The maximum Gasteiger partial charge on any atom is 0.162 e. The molecule has 0 aliphatic carbocycles. The monoisotopic (exact) mass is 507 g/mol. The Kier molecular flexibility index (Phi) is 7.93. The van der Waals surface area contributed by atoms with Gasteiger partial charge in [-0.1, -0.05) is 51.3 Å². The van der Waals surface area contributed by atoms with Crippen LogP contribution in [0.5, 0.6) is 11.5 Å². The van der Waals surface area contributed by atoms with E-state index in [9.17, 15) is 0 Å². The molecule has 158 valence electrons. The van der Waals surface area contributed by atoms with Crippen LogP contribution in [-0.2, 0) is 13.2 Å². The van der Waals surface area contributed by atoms with Crippen LogP contribution in [0.2, 0.25) is 10.0 Å². The van der Waals surface area contributed by atoms with Gasteiger partial charge in [-0.05, 0) is 79.4 Å². The van der Waals surface area contributed by atoms with Crippen LogP contribution in [0, 0.1) is 13.8 Å². The van der Waals surface area contributed by atoms with Crippen molar-refractivity contribution in [1.82, 2.24) is 0 Å². The molecule has 0 atom stereocenters. The van der Waals surface area contributed by atoms with Crippen molar-refractivity contribution in [3.8, 4) is 11.5 Å². The average molecular weight is 509 g/mol. The number of benzene rings is 3. The highest BCUT2D eigenvalue weighted by Gasteiger charge is 2.12. The SMILES string of the molecule is CCOc1cc(CNc2ccc(C)c(C)c2)c(Br)cc1OCc1ccc(Cl)c(Cl)c1. The third kappa shape index (κ3) is 5.84. The lowest BCUT2D eigenvalue weighted by Crippen LogP contribution is -2.04. The lowest BCUT2D eigenvalue weighted by molar-refractivity contribution is 0.269. The zero-order valence-electron chi connectivity index (χ0n) is 17.2. The lowest BCUT2D eigenvalue weighted by atomic mass is 10.1. The molecule has 30 heavy (non-hydrogen) atoms. The third-order valence-electron chi connectivity index (χ3n) is 4.78. The number of hydrogen-bond acceptors (Lipinski definition) is 3. The fourth-order valence-corrected chi connectivity index (χ4v) is 3.72. The van der Waals surface area contributed by atoms with Gasteiger partial charge >= 0.3 is 0 Å². The number of rotatable bonds is 8. The maximum atomic E-state index is 6.10. The number of halogens is 3. The molecule has 1 N–H and O–H groups in total. The summed E-state index contributed by atoms with van der Waals surface area (Å²) in [6, 6.07) is 15.8. The first-order valence-corrected chi connectivity index (χ1v) is 11.3. The fraction of sp³-hybridized carbons (Fsp3) is 0.250. The quantitative estimate of drug-likeness (QED) is 0.334. The van der Waals surface area contributed by atoms with Crippen LogP contribution < -0.4 is 14.8 Å². The largest absolute Gasteiger partial charge is 0.490 e. The van der Waals surface area contributed by atoms with Crippen molar-refractivity contribution < 1.29 is 9.47 Å². The van der Waals surface area contributed by atoms with Crippen molar-refractivity contribution >= 4 is 44.8 Å². The predicted octanol–water partition coefficient (Wildman–Crippen LogP) is 7.96. The fourth-order valence-electron chi connectivity index (χ4n) is 2.93. The van der Waals surface area contributed by atoms with Crippen LogP contribution in [0.3, 0.4) is 0 Å². The molecule has 0 unspecified atom stereocenters. The molecular formula is C24H24BrCl2NO2. The molecule has 0 amide bonds. The highest BCUT2D eigenvalue weighted by Crippen LogP contribution is 2.35. The second-order valence-electron chi connectivity index (χ2n) is 7.01. The second-order valence-corrected chi connectivity index (χ2v) is 8.68. The molecule has 0 fully saturated rings. The van der Waals surface area contributed by atoms with E-state index in [0.717, 1.165) is 21.3 Å². The maximum absolute atomic E-state index is 6.10. The van der Waals surface area contributed by atoms with Crippen LogP contribution in [0.4, 0.5) is 5.69 Å². The van der Waals surface area contributed by atoms with E-state index in [1.165, 1.54) is 11.1 Å². The minimum absolute atomic E-state index is 0.365. The molecule has 0 aliphatic rings. The second kappa shape index (κ2) is 10.4. The summed E-state index contributed by atoms with van der Waals surface area (Å²) in [7, 11) is 0. The Bertz CT molecular complexity index is 1040. The zero-order valence-corrected chi connectivity index (χ0v) is 20.3. The Morgan fingerprint density at radius 3 is 2.33 bits per heavy atom. The summed E-state index contributed by atoms with van der Waals surface area (Å²) in [5, 5.41) is 4.51. The van der Waals surface area contributed by atoms with E-state index in [2.05, 4.69) is 53.3 Å². The minimum atomic E-state index is 0.365. The molecule has 3 rings (SSSR count). The molecule has 0 bridgehead atoms. The van der Waals surface area contributed by atoms with E-state index in [0.29, 0.717) is 41.3 Å². The van der Waals surface area contributed by atoms with Crippen LogP contribution >= 0.6 is 39.1 Å². The molecule has 0 aliphatic heterocycles. The minimum Gasteiger partial charge on any atom is -0.490 e. The van der Waals surface area contributed by atoms with Gasteiger partial charge in [0.1, 0.15) is 6.61 Å². The Balaban J connectivity index is 1.75. The van der Waals surface area contributed by atoms with Gasteiger partial charge in [-0.2, -0.15) is 0 Å². The number of anilines is 1. The molecule has 0 aromatic heterocycles. The van der Waals surface area contributed by atoms with Crippen molar-refractivity contribution in [2.45, 2.75) is 33.9 Å². The molecular weight excluding hydrogens is 485 g/mol. The molecule has 0 heterocycles. The molecule has 3 aromatic rings. The van der Waals surface area contributed by atoms with Crippen LogP contribution in [0.15, 0.2) is 53.0 Å². The van der Waals surface area contributed by atoms with E-state index in [-0.39, 0.29) is 0 Å². The summed E-state index contributed by atoms with van der Waals surface area (Å²) in [6.07, 6.45) is 0. The highest BCUT2D eigenvalue weighted by atomic mass is 79.9. The van der Waals surface area contributed by atoms with Gasteiger partial charge in [0.25, 0.3) is 0 Å². The lowest BCUT2D eigenvalue weighted by Gasteiger charge is -2.16. The van der Waals surface area contributed by atoms with Gasteiger partial charge in [0.2, 0.25) is 0 Å². The predicted molar refractivity (Wildman–Crippen MR) is 129 cm³/mol. The summed E-state index contributed by atoms with van der Waals surface area (Å²) in [6.45, 7) is 7.76. The smallest absolute Gasteiger partial charge is 0.162 e. The Hall–Kier alpha value is -1.88. The molecule has 0 saturated carbocycles. The van der Waals surface area contributed by atoms with Crippen molar-refractivity contribution in [3.63, 3.8) is 0 Å². The van der Waals surface area contributed by atoms with Crippen molar-refractivity contribution in [2.24, 2.45) is 0 Å². The van der Waals surface area contributed by atoms with Gasteiger partial charge in [0.15, 0.2) is 11.5 Å². The van der Waals surface area contributed by atoms with Crippen LogP contribution in [0.1, 0.15) is 29.2 Å². The Morgan fingerprint density at radius 1 is 0.867 bits per heavy atom. The standard InChI is InChI=1S/C24H24BrCl2NO2/c1-4-29-23-11-18(13-28-19-7-5-15(2)16(3)9-19)20(25)12-24(23)30-14-17-6-8-21(26)22(27)10-17/h5-12,28H,4,13-14H2,1-3H3. The van der Waals surface area contributed by atoms with E-state index in [1.54, 1.807) is 12.1 Å². The molecule has 0 radical (unpaired) electrons. The summed E-state index contributed by atoms with van der Waals surface area (Å²) in [4.78, 5) is 0. The van der Waals surface area contributed by atoms with Gasteiger partial charge < -0.3 is 14.8 Å². The Morgan fingerprint density at radius 2 is 1.63 bits per heavy atom. The van der Waals surface area contributed by atoms with E-state index < -0.39 is 0 Å². The number of nitrogens with one attached hydrogen (secondary N) is 1. The molecule has 6 heteroatoms. The molecule has 0 saturated heterocycles. The first-order valence-electron chi connectivity index (χ1n) is 9.70. The van der Waals surface area contributed by atoms with Crippen LogP contribution in [0.25, 0.3) is 0 Å². The first-order chi connectivity index (χ1) is 14.4. The summed E-state index contributed by atoms with van der Waals surface area (Å²) < 4.78 is 12.8. The summed E-state index contributed by atoms with van der Waals surface area (Å²) in [5.74, 6) is 1.38. The Labute approximate surface area is 196 Å². The number of aryl methyl sites for hydroxylation is 2. The first kappa shape index (κ1) is 22.8. The summed E-state index contributed by atoms with van der Waals surface area (Å²) in [5.41, 5.74) is 5.65. The average Bonchev–Trinajstić information content (AvgIpc) is 2.72. The van der Waals surface area contributed by atoms with Gasteiger partial charge in [0, 0.05) is 16.7 Å². The number of ether oxygens (including phenoxy) is 2. The van der Waals surface area contributed by atoms with Gasteiger partial charge in [-0.25, -0.2) is 0 Å². The molecule has 0 spiro atoms. The normalized spacial score (nSPS) is 10.7.